The fourth-order valence-corrected chi connectivity index (χ4v) is 1.86. The van der Waals surface area contributed by atoms with Gasteiger partial charge in [0.2, 0.25) is 0 Å². The highest BCUT2D eigenvalue weighted by atomic mass is 32.2. The van der Waals surface area contributed by atoms with E-state index in [4.69, 9.17) is 5.84 Å². The molecule has 0 aliphatic carbocycles. The largest absolute Gasteiger partial charge is 0.293 e. The topological polar surface area (TPSA) is 89.3 Å². The van der Waals surface area contributed by atoms with Gasteiger partial charge in [-0.1, -0.05) is 0 Å². The van der Waals surface area contributed by atoms with Crippen molar-refractivity contribution in [3.8, 4) is 0 Å². The second kappa shape index (κ2) is 3.86. The molecule has 1 atom stereocenters. The Hall–Kier alpha value is -0.620. The van der Waals surface area contributed by atoms with Crippen LogP contribution in [0.4, 0.5) is 0 Å². The number of hydrogen-bond donors (Lipinski definition) is 2. The maximum Gasteiger partial charge on any atom is 0.251 e. The Kier molecular flexibility index (Phi) is 3.66. The summed E-state index contributed by atoms with van der Waals surface area (Å²) < 4.78 is 22.6. The molecule has 1 unspecified atom stereocenters. The van der Waals surface area contributed by atoms with Crippen molar-refractivity contribution < 1.29 is 13.2 Å². The number of carbonyl (C=O) groups is 1. The highest BCUT2D eigenvalue weighted by Gasteiger charge is 2.29. The van der Waals surface area contributed by atoms with Crippen LogP contribution in [-0.2, 0) is 14.6 Å². The van der Waals surface area contributed by atoms with E-state index in [1.54, 1.807) is 0 Å². The Labute approximate surface area is 72.2 Å². The van der Waals surface area contributed by atoms with Gasteiger partial charge < -0.3 is 0 Å². The molecule has 0 saturated carbocycles. The molecule has 0 fully saturated rings. The zero-order valence-electron chi connectivity index (χ0n) is 7.37. The molecule has 5 nitrogen and oxygen atoms in total. The summed E-state index contributed by atoms with van der Waals surface area (Å²) in [4.78, 5) is 10.8. The number of hydrogen-bond acceptors (Lipinski definition) is 4. The Morgan fingerprint density at radius 1 is 1.33 bits per heavy atom. The Morgan fingerprint density at radius 2 is 1.75 bits per heavy atom. The van der Waals surface area contributed by atoms with E-state index in [2.05, 4.69) is 0 Å². The van der Waals surface area contributed by atoms with Crippen LogP contribution in [0.3, 0.4) is 0 Å². The maximum absolute atomic E-state index is 11.3. The molecule has 0 aliphatic heterocycles. The average molecular weight is 194 g/mol. The first-order valence-electron chi connectivity index (χ1n) is 3.57. The zero-order chi connectivity index (χ0) is 9.94. The highest BCUT2D eigenvalue weighted by molar-refractivity contribution is 7.93. The van der Waals surface area contributed by atoms with Crippen molar-refractivity contribution >= 4 is 15.7 Å². The third kappa shape index (κ3) is 2.18. The average Bonchev–Trinajstić information content (AvgIpc) is 2.01. The first-order chi connectivity index (χ1) is 5.34. The number of hydrazine groups is 1. The van der Waals surface area contributed by atoms with E-state index in [0.717, 1.165) is 0 Å². The van der Waals surface area contributed by atoms with Gasteiger partial charge in [0, 0.05) is 0 Å². The van der Waals surface area contributed by atoms with Gasteiger partial charge in [0.15, 0.2) is 9.84 Å². The van der Waals surface area contributed by atoms with Gasteiger partial charge in [-0.05, 0) is 20.8 Å². The van der Waals surface area contributed by atoms with E-state index in [0.29, 0.717) is 0 Å². The Morgan fingerprint density at radius 3 is 2.00 bits per heavy atom. The SMILES string of the molecule is CC(C)S(=O)(=O)C(C)C(=O)NN. The van der Waals surface area contributed by atoms with Crippen LogP contribution < -0.4 is 11.3 Å². The molecule has 0 saturated heterocycles. The van der Waals surface area contributed by atoms with Gasteiger partial charge in [0.1, 0.15) is 5.25 Å². The predicted molar refractivity (Wildman–Crippen MR) is 45.8 cm³/mol. The van der Waals surface area contributed by atoms with E-state index >= 15 is 0 Å². The molecule has 0 spiro atoms. The monoisotopic (exact) mass is 194 g/mol. The fraction of sp³-hybridized carbons (Fsp3) is 0.833. The van der Waals surface area contributed by atoms with E-state index < -0.39 is 26.2 Å². The fourth-order valence-electron chi connectivity index (χ4n) is 0.675. The summed E-state index contributed by atoms with van der Waals surface area (Å²) >= 11 is 0. The molecule has 0 aromatic heterocycles. The maximum atomic E-state index is 11.3. The lowest BCUT2D eigenvalue weighted by atomic mass is 10.5. The van der Waals surface area contributed by atoms with E-state index in [9.17, 15) is 13.2 Å². The molecule has 0 aromatic rings. The lowest BCUT2D eigenvalue weighted by molar-refractivity contribution is -0.120. The second-order valence-corrected chi connectivity index (χ2v) is 5.62. The Bertz CT molecular complexity index is 258. The molecular formula is C6H14N2O3S. The third-order valence-electron chi connectivity index (χ3n) is 1.66. The minimum absolute atomic E-state index is 0.565. The van der Waals surface area contributed by atoms with E-state index in [1.807, 2.05) is 5.43 Å². The van der Waals surface area contributed by atoms with Crippen molar-refractivity contribution in [3.05, 3.63) is 0 Å². The van der Waals surface area contributed by atoms with Gasteiger partial charge in [-0.15, -0.1) is 0 Å². The molecule has 72 valence electrons. The number of nitrogens with one attached hydrogen (secondary N) is 1. The van der Waals surface area contributed by atoms with Crippen molar-refractivity contribution in [2.24, 2.45) is 5.84 Å². The summed E-state index contributed by atoms with van der Waals surface area (Å²) in [6, 6.07) is 0. The number of sulfone groups is 1. The van der Waals surface area contributed by atoms with Gasteiger partial charge >= 0.3 is 0 Å². The summed E-state index contributed by atoms with van der Waals surface area (Å²) in [5.74, 6) is 4.13. The molecule has 0 heterocycles. The summed E-state index contributed by atoms with van der Waals surface area (Å²) in [6.45, 7) is 4.36. The summed E-state index contributed by atoms with van der Waals surface area (Å²) in [5, 5.41) is -1.65. The molecule has 0 aliphatic rings. The van der Waals surface area contributed by atoms with Crippen LogP contribution in [0.2, 0.25) is 0 Å². The van der Waals surface area contributed by atoms with Crippen LogP contribution in [0.1, 0.15) is 20.8 Å². The smallest absolute Gasteiger partial charge is 0.251 e. The number of nitrogens with two attached hydrogens (primary N) is 1. The lowest BCUT2D eigenvalue weighted by Crippen LogP contribution is -2.43. The predicted octanol–water partition coefficient (Wildman–Crippen LogP) is -0.812. The van der Waals surface area contributed by atoms with Gasteiger partial charge in [-0.3, -0.25) is 10.2 Å². The quantitative estimate of drug-likeness (QED) is 0.349. The molecule has 1 amide bonds. The first kappa shape index (κ1) is 11.4. The number of carbonyl (C=O) groups excluding carboxylic acids is 1. The van der Waals surface area contributed by atoms with Crippen LogP contribution in [0, 0.1) is 0 Å². The van der Waals surface area contributed by atoms with Crippen LogP contribution in [0.5, 0.6) is 0 Å². The van der Waals surface area contributed by atoms with Crippen molar-refractivity contribution in [2.75, 3.05) is 0 Å². The van der Waals surface area contributed by atoms with Crippen molar-refractivity contribution in [1.82, 2.24) is 5.43 Å². The van der Waals surface area contributed by atoms with Gasteiger partial charge in [-0.25, -0.2) is 14.3 Å². The van der Waals surface area contributed by atoms with Crippen LogP contribution in [-0.4, -0.2) is 24.8 Å². The second-order valence-electron chi connectivity index (χ2n) is 2.79. The van der Waals surface area contributed by atoms with Crippen molar-refractivity contribution in [2.45, 2.75) is 31.3 Å². The Balaban J connectivity index is 4.70. The van der Waals surface area contributed by atoms with Crippen LogP contribution >= 0.6 is 0 Å². The number of rotatable bonds is 3. The van der Waals surface area contributed by atoms with Gasteiger partial charge in [-0.2, -0.15) is 0 Å². The molecule has 0 bridgehead atoms. The molecule has 6 heteroatoms. The van der Waals surface area contributed by atoms with Crippen LogP contribution in [0.25, 0.3) is 0 Å². The molecule has 0 aromatic carbocycles. The molecule has 0 radical (unpaired) electrons. The minimum Gasteiger partial charge on any atom is -0.293 e. The van der Waals surface area contributed by atoms with Crippen molar-refractivity contribution in [1.29, 1.82) is 0 Å². The van der Waals surface area contributed by atoms with Gasteiger partial charge in [0.05, 0.1) is 5.25 Å². The van der Waals surface area contributed by atoms with E-state index in [1.165, 1.54) is 20.8 Å². The number of amides is 1. The van der Waals surface area contributed by atoms with E-state index in [-0.39, 0.29) is 0 Å². The molecular weight excluding hydrogens is 180 g/mol. The molecule has 3 N–H and O–H groups in total. The zero-order valence-corrected chi connectivity index (χ0v) is 8.18. The van der Waals surface area contributed by atoms with Crippen LogP contribution in [0.15, 0.2) is 0 Å². The molecule has 0 rings (SSSR count). The minimum atomic E-state index is -3.38. The van der Waals surface area contributed by atoms with Crippen molar-refractivity contribution in [3.63, 3.8) is 0 Å². The summed E-state index contributed by atoms with van der Waals surface area (Å²) in [5.41, 5.74) is 1.81. The summed E-state index contributed by atoms with van der Waals surface area (Å²) in [6.07, 6.45) is 0. The standard InChI is InChI=1S/C6H14N2O3S/c1-4(2)12(10,11)5(3)6(9)8-7/h4-5H,7H2,1-3H3,(H,8,9). The van der Waals surface area contributed by atoms with Gasteiger partial charge in [0.25, 0.3) is 5.91 Å². The normalized spacial score (nSPS) is 14.4. The summed E-state index contributed by atoms with van der Waals surface area (Å²) in [7, 11) is -3.38. The first-order valence-corrected chi connectivity index (χ1v) is 5.18. The molecule has 12 heavy (non-hydrogen) atoms. The highest BCUT2D eigenvalue weighted by Crippen LogP contribution is 2.08. The third-order valence-corrected chi connectivity index (χ3v) is 4.18. The lowest BCUT2D eigenvalue weighted by Gasteiger charge is -2.13.